The van der Waals surface area contributed by atoms with Crippen LogP contribution in [0.5, 0.6) is 11.5 Å². The Morgan fingerprint density at radius 1 is 0.871 bits per heavy atom. The monoisotopic (exact) mass is 427 g/mol. The quantitative estimate of drug-likeness (QED) is 0.615. The number of rotatable bonds is 9. The molecule has 0 fully saturated rings. The maximum absolute atomic E-state index is 12.2. The van der Waals surface area contributed by atoms with Crippen LogP contribution in [0.15, 0.2) is 48.5 Å². The Morgan fingerprint density at radius 2 is 1.48 bits per heavy atom. The molecule has 0 aliphatic rings. The van der Waals surface area contributed by atoms with Crippen LogP contribution >= 0.6 is 0 Å². The van der Waals surface area contributed by atoms with Gasteiger partial charge in [0.1, 0.15) is 0 Å². The molecule has 0 radical (unpaired) electrons. The van der Waals surface area contributed by atoms with Crippen molar-refractivity contribution in [1.29, 1.82) is 0 Å². The molecule has 0 aromatic heterocycles. The lowest BCUT2D eigenvalue weighted by Gasteiger charge is -2.19. The highest BCUT2D eigenvalue weighted by Crippen LogP contribution is 2.26. The van der Waals surface area contributed by atoms with Crippen molar-refractivity contribution >= 4 is 17.8 Å². The first-order chi connectivity index (χ1) is 14.7. The van der Waals surface area contributed by atoms with Gasteiger partial charge >= 0.3 is 5.97 Å². The molecule has 0 unspecified atom stereocenters. The molecule has 1 N–H and O–H groups in total. The molecule has 7 nitrogen and oxygen atoms in total. The molecule has 0 atom stereocenters. The number of carbonyl (C=O) groups is 3. The van der Waals surface area contributed by atoms with E-state index in [1.165, 1.54) is 0 Å². The number of benzene rings is 2. The van der Waals surface area contributed by atoms with Gasteiger partial charge in [0, 0.05) is 5.56 Å². The standard InChI is InChI=1S/C24H29NO6/c1-5-14-29-19-8-6-7-9-20(19)30-16-22(27)31-15-21(26)25-23(28)17-10-12-18(13-11-17)24(2,3)4/h6-13H,5,14-16H2,1-4H3,(H,25,26,28). The minimum Gasteiger partial charge on any atom is -0.490 e. The number of ether oxygens (including phenoxy) is 3. The SMILES string of the molecule is CCCOc1ccccc1OCC(=O)OCC(=O)NC(=O)c1ccc(C(C)(C)C)cc1. The molecule has 0 aliphatic carbocycles. The van der Waals surface area contributed by atoms with Crippen molar-refractivity contribution in [1.82, 2.24) is 5.32 Å². The molecule has 2 aromatic carbocycles. The fraction of sp³-hybridized carbons (Fsp3) is 0.375. The van der Waals surface area contributed by atoms with Gasteiger partial charge in [-0.2, -0.15) is 0 Å². The topological polar surface area (TPSA) is 90.9 Å². The summed E-state index contributed by atoms with van der Waals surface area (Å²) in [4.78, 5) is 36.0. The Labute approximate surface area is 182 Å². The molecular weight excluding hydrogens is 398 g/mol. The van der Waals surface area contributed by atoms with Crippen molar-refractivity contribution in [3.8, 4) is 11.5 Å². The van der Waals surface area contributed by atoms with Crippen molar-refractivity contribution in [3.63, 3.8) is 0 Å². The first-order valence-electron chi connectivity index (χ1n) is 10.2. The molecule has 0 aliphatic heterocycles. The molecule has 0 saturated heterocycles. The number of amides is 2. The molecule has 0 spiro atoms. The van der Waals surface area contributed by atoms with Gasteiger partial charge < -0.3 is 14.2 Å². The summed E-state index contributed by atoms with van der Waals surface area (Å²) in [6.45, 7) is 7.75. The Balaban J connectivity index is 1.78. The van der Waals surface area contributed by atoms with Crippen LogP contribution in [0.1, 0.15) is 50.0 Å². The van der Waals surface area contributed by atoms with E-state index in [-0.39, 0.29) is 12.0 Å². The van der Waals surface area contributed by atoms with E-state index in [2.05, 4.69) is 26.1 Å². The predicted octanol–water partition coefficient (Wildman–Crippen LogP) is 3.65. The number of hydrogen-bond donors (Lipinski definition) is 1. The fourth-order valence-corrected chi connectivity index (χ4v) is 2.58. The summed E-state index contributed by atoms with van der Waals surface area (Å²) in [6.07, 6.45) is 0.838. The van der Waals surface area contributed by atoms with Gasteiger partial charge in [-0.25, -0.2) is 4.79 Å². The maximum atomic E-state index is 12.2. The molecular formula is C24H29NO6. The summed E-state index contributed by atoms with van der Waals surface area (Å²) >= 11 is 0. The maximum Gasteiger partial charge on any atom is 0.344 e. The van der Waals surface area contributed by atoms with Gasteiger partial charge in [-0.3, -0.25) is 14.9 Å². The third-order valence-corrected chi connectivity index (χ3v) is 4.29. The van der Waals surface area contributed by atoms with Gasteiger partial charge in [0.05, 0.1) is 6.61 Å². The van der Waals surface area contributed by atoms with Crippen LogP contribution in [0.3, 0.4) is 0 Å². The molecule has 7 heteroatoms. The van der Waals surface area contributed by atoms with E-state index in [9.17, 15) is 14.4 Å². The Bertz CT molecular complexity index is 899. The molecule has 0 bridgehead atoms. The normalized spacial score (nSPS) is 10.8. The first kappa shape index (κ1) is 23.9. The van der Waals surface area contributed by atoms with Crippen LogP contribution in [-0.4, -0.2) is 37.6 Å². The Kier molecular flexibility index (Phi) is 8.61. The zero-order chi connectivity index (χ0) is 22.9. The Morgan fingerprint density at radius 3 is 2.06 bits per heavy atom. The second-order valence-corrected chi connectivity index (χ2v) is 7.95. The fourth-order valence-electron chi connectivity index (χ4n) is 2.58. The largest absolute Gasteiger partial charge is 0.490 e. The van der Waals surface area contributed by atoms with Crippen LogP contribution in [0.2, 0.25) is 0 Å². The van der Waals surface area contributed by atoms with E-state index in [1.54, 1.807) is 36.4 Å². The third-order valence-electron chi connectivity index (χ3n) is 4.29. The van der Waals surface area contributed by atoms with Gasteiger partial charge in [-0.05, 0) is 41.7 Å². The van der Waals surface area contributed by atoms with E-state index in [0.717, 1.165) is 12.0 Å². The van der Waals surface area contributed by atoms with E-state index >= 15 is 0 Å². The summed E-state index contributed by atoms with van der Waals surface area (Å²) in [7, 11) is 0. The van der Waals surface area contributed by atoms with Crippen molar-refractivity contribution in [2.24, 2.45) is 0 Å². The van der Waals surface area contributed by atoms with Gasteiger partial charge in [0.25, 0.3) is 11.8 Å². The summed E-state index contributed by atoms with van der Waals surface area (Å²) in [5.41, 5.74) is 1.38. The summed E-state index contributed by atoms with van der Waals surface area (Å²) in [5, 5.41) is 2.20. The van der Waals surface area contributed by atoms with Crippen LogP contribution in [0.4, 0.5) is 0 Å². The third kappa shape index (κ3) is 7.77. The van der Waals surface area contributed by atoms with Crippen LogP contribution in [0.25, 0.3) is 0 Å². The zero-order valence-electron chi connectivity index (χ0n) is 18.4. The second kappa shape index (κ2) is 11.2. The molecule has 2 aromatic rings. The molecule has 31 heavy (non-hydrogen) atoms. The van der Waals surface area contributed by atoms with Gasteiger partial charge in [-0.1, -0.05) is 52.0 Å². The number of imide groups is 1. The number of hydrogen-bond acceptors (Lipinski definition) is 6. The van der Waals surface area contributed by atoms with Crippen LogP contribution in [0, 0.1) is 0 Å². The Hall–Kier alpha value is -3.35. The summed E-state index contributed by atoms with van der Waals surface area (Å²) < 4.78 is 15.8. The lowest BCUT2D eigenvalue weighted by Crippen LogP contribution is -2.34. The molecule has 0 saturated carbocycles. The average Bonchev–Trinajstić information content (AvgIpc) is 2.74. The van der Waals surface area contributed by atoms with E-state index < -0.39 is 24.4 Å². The number of carbonyl (C=O) groups excluding carboxylic acids is 3. The van der Waals surface area contributed by atoms with Crippen molar-refractivity contribution in [2.45, 2.75) is 39.5 Å². The number of para-hydroxylation sites is 2. The van der Waals surface area contributed by atoms with Gasteiger partial charge in [-0.15, -0.1) is 0 Å². The zero-order valence-corrected chi connectivity index (χ0v) is 18.4. The highest BCUT2D eigenvalue weighted by atomic mass is 16.6. The van der Waals surface area contributed by atoms with Crippen molar-refractivity contribution in [2.75, 3.05) is 19.8 Å². The number of nitrogens with one attached hydrogen (secondary N) is 1. The predicted molar refractivity (Wildman–Crippen MR) is 116 cm³/mol. The number of esters is 1. The second-order valence-electron chi connectivity index (χ2n) is 7.95. The van der Waals surface area contributed by atoms with E-state index in [0.29, 0.717) is 23.7 Å². The van der Waals surface area contributed by atoms with E-state index in [4.69, 9.17) is 14.2 Å². The highest BCUT2D eigenvalue weighted by molar-refractivity contribution is 6.05. The van der Waals surface area contributed by atoms with E-state index in [1.807, 2.05) is 19.1 Å². The molecule has 2 rings (SSSR count). The van der Waals surface area contributed by atoms with Gasteiger partial charge in [0.15, 0.2) is 24.7 Å². The average molecular weight is 427 g/mol. The molecule has 2 amide bonds. The van der Waals surface area contributed by atoms with Crippen molar-refractivity contribution < 1.29 is 28.6 Å². The minimum absolute atomic E-state index is 0.0380. The summed E-state index contributed by atoms with van der Waals surface area (Å²) in [6, 6.07) is 14.0. The smallest absolute Gasteiger partial charge is 0.344 e. The lowest BCUT2D eigenvalue weighted by molar-refractivity contribution is -0.150. The minimum atomic E-state index is -0.734. The molecule has 0 heterocycles. The van der Waals surface area contributed by atoms with Gasteiger partial charge in [0.2, 0.25) is 0 Å². The van der Waals surface area contributed by atoms with Crippen molar-refractivity contribution in [3.05, 3.63) is 59.7 Å². The lowest BCUT2D eigenvalue weighted by atomic mass is 9.87. The van der Waals surface area contributed by atoms with Crippen LogP contribution in [-0.2, 0) is 19.7 Å². The molecule has 166 valence electrons. The van der Waals surface area contributed by atoms with Crippen LogP contribution < -0.4 is 14.8 Å². The highest BCUT2D eigenvalue weighted by Gasteiger charge is 2.16. The first-order valence-corrected chi connectivity index (χ1v) is 10.2. The summed E-state index contributed by atoms with van der Waals surface area (Å²) in [5.74, 6) is -1.07.